The second-order valence-electron chi connectivity index (χ2n) is 5.70. The van der Waals surface area contributed by atoms with E-state index in [4.69, 9.17) is 0 Å². The summed E-state index contributed by atoms with van der Waals surface area (Å²) in [6, 6.07) is 0. The molecular weight excluding hydrogens is 226 g/mol. The van der Waals surface area contributed by atoms with Gasteiger partial charge in [-0.05, 0) is 38.5 Å². The third-order valence-electron chi connectivity index (χ3n) is 4.32. The van der Waals surface area contributed by atoms with Crippen molar-refractivity contribution in [2.75, 3.05) is 6.54 Å². The molecule has 4 nitrogen and oxygen atoms in total. The van der Waals surface area contributed by atoms with Crippen LogP contribution in [0.4, 0.5) is 0 Å². The number of aryl methyl sites for hydroxylation is 1. The smallest absolute Gasteiger partial charge is 0.0771 e. The van der Waals surface area contributed by atoms with Gasteiger partial charge in [0, 0.05) is 24.3 Å². The number of aromatic nitrogens is 2. The molecule has 0 atom stereocenters. The van der Waals surface area contributed by atoms with E-state index < -0.39 is 5.60 Å². The molecule has 2 rings (SSSR count). The van der Waals surface area contributed by atoms with E-state index in [2.05, 4.69) is 22.4 Å². The predicted octanol–water partition coefficient (Wildman–Crippen LogP) is 2.14. The van der Waals surface area contributed by atoms with Gasteiger partial charge < -0.3 is 10.4 Å². The number of hydrogen-bond donors (Lipinski definition) is 3. The van der Waals surface area contributed by atoms with Crippen molar-refractivity contribution >= 4 is 0 Å². The van der Waals surface area contributed by atoms with Gasteiger partial charge in [-0.15, -0.1) is 0 Å². The van der Waals surface area contributed by atoms with Gasteiger partial charge in [-0.25, -0.2) is 0 Å². The van der Waals surface area contributed by atoms with Crippen LogP contribution in [0.1, 0.15) is 50.3 Å². The molecule has 18 heavy (non-hydrogen) atoms. The van der Waals surface area contributed by atoms with Gasteiger partial charge in [0.1, 0.15) is 0 Å². The van der Waals surface area contributed by atoms with Gasteiger partial charge in [-0.2, -0.15) is 5.10 Å². The largest absolute Gasteiger partial charge is 0.389 e. The third-order valence-corrected chi connectivity index (χ3v) is 4.32. The van der Waals surface area contributed by atoms with Crippen molar-refractivity contribution in [1.29, 1.82) is 0 Å². The maximum Gasteiger partial charge on any atom is 0.0771 e. The Morgan fingerprint density at radius 2 is 2.22 bits per heavy atom. The highest BCUT2D eigenvalue weighted by atomic mass is 16.3. The molecule has 0 bridgehead atoms. The van der Waals surface area contributed by atoms with Gasteiger partial charge in [0.05, 0.1) is 11.8 Å². The van der Waals surface area contributed by atoms with Gasteiger partial charge in [-0.1, -0.05) is 13.3 Å². The average Bonchev–Trinajstić information content (AvgIpc) is 2.76. The molecule has 0 unspecified atom stereocenters. The van der Waals surface area contributed by atoms with Crippen molar-refractivity contribution in [3.8, 4) is 0 Å². The Bertz CT molecular complexity index is 367. The molecule has 0 aliphatic heterocycles. The number of nitrogens with zero attached hydrogens (tertiary/aromatic N) is 1. The summed E-state index contributed by atoms with van der Waals surface area (Å²) in [5.74, 6) is 0.821. The van der Waals surface area contributed by atoms with Crippen LogP contribution in [0.3, 0.4) is 0 Å². The lowest BCUT2D eigenvalue weighted by molar-refractivity contribution is -0.00882. The lowest BCUT2D eigenvalue weighted by atomic mass is 9.78. The van der Waals surface area contributed by atoms with Crippen LogP contribution < -0.4 is 5.32 Å². The lowest BCUT2D eigenvalue weighted by Gasteiger charge is -2.36. The zero-order chi connectivity index (χ0) is 13.0. The molecule has 102 valence electrons. The van der Waals surface area contributed by atoms with E-state index in [9.17, 15) is 5.11 Å². The monoisotopic (exact) mass is 251 g/mol. The zero-order valence-corrected chi connectivity index (χ0v) is 11.5. The first-order valence-corrected chi connectivity index (χ1v) is 7.05. The topological polar surface area (TPSA) is 60.9 Å². The summed E-state index contributed by atoms with van der Waals surface area (Å²) >= 11 is 0. The Morgan fingerprint density at radius 1 is 1.50 bits per heavy atom. The number of H-pyrrole nitrogens is 1. The SMILES string of the molecule is CCC1CCC(O)(CNCc2cn[nH]c2C)CC1. The molecule has 1 aliphatic carbocycles. The van der Waals surface area contributed by atoms with E-state index in [0.717, 1.165) is 31.0 Å². The normalized spacial score (nSPS) is 28.5. The number of nitrogens with one attached hydrogen (secondary N) is 2. The van der Waals surface area contributed by atoms with E-state index in [-0.39, 0.29) is 0 Å². The second kappa shape index (κ2) is 5.85. The minimum Gasteiger partial charge on any atom is -0.389 e. The summed E-state index contributed by atoms with van der Waals surface area (Å²) < 4.78 is 0. The van der Waals surface area contributed by atoms with Gasteiger partial charge in [0.2, 0.25) is 0 Å². The van der Waals surface area contributed by atoms with Crippen LogP contribution in [-0.4, -0.2) is 27.4 Å². The second-order valence-corrected chi connectivity index (χ2v) is 5.70. The number of aromatic amines is 1. The first-order chi connectivity index (χ1) is 8.63. The fourth-order valence-corrected chi connectivity index (χ4v) is 2.78. The van der Waals surface area contributed by atoms with E-state index in [1.165, 1.54) is 24.8 Å². The van der Waals surface area contributed by atoms with Crippen molar-refractivity contribution in [3.05, 3.63) is 17.5 Å². The first kappa shape index (κ1) is 13.6. The summed E-state index contributed by atoms with van der Waals surface area (Å²) in [6.07, 6.45) is 7.29. The van der Waals surface area contributed by atoms with Crippen molar-refractivity contribution in [1.82, 2.24) is 15.5 Å². The van der Waals surface area contributed by atoms with Crippen molar-refractivity contribution in [2.45, 2.75) is 58.1 Å². The minimum atomic E-state index is -0.497. The minimum absolute atomic E-state index is 0.497. The highest BCUT2D eigenvalue weighted by molar-refractivity contribution is 5.13. The molecule has 1 saturated carbocycles. The van der Waals surface area contributed by atoms with E-state index in [1.807, 2.05) is 13.1 Å². The summed E-state index contributed by atoms with van der Waals surface area (Å²) in [7, 11) is 0. The van der Waals surface area contributed by atoms with E-state index >= 15 is 0 Å². The van der Waals surface area contributed by atoms with Gasteiger partial charge in [0.25, 0.3) is 0 Å². The van der Waals surface area contributed by atoms with Crippen LogP contribution in [0.15, 0.2) is 6.20 Å². The fraction of sp³-hybridized carbons (Fsp3) is 0.786. The Balaban J connectivity index is 1.75. The molecule has 1 heterocycles. The van der Waals surface area contributed by atoms with Crippen LogP contribution in [0, 0.1) is 12.8 Å². The first-order valence-electron chi connectivity index (χ1n) is 7.05. The van der Waals surface area contributed by atoms with E-state index in [0.29, 0.717) is 6.54 Å². The molecule has 0 saturated heterocycles. The van der Waals surface area contributed by atoms with Crippen molar-refractivity contribution < 1.29 is 5.11 Å². The molecule has 1 fully saturated rings. The van der Waals surface area contributed by atoms with Gasteiger partial charge >= 0.3 is 0 Å². The zero-order valence-electron chi connectivity index (χ0n) is 11.5. The maximum atomic E-state index is 10.5. The number of aliphatic hydroxyl groups is 1. The van der Waals surface area contributed by atoms with Crippen LogP contribution in [-0.2, 0) is 6.54 Å². The lowest BCUT2D eigenvalue weighted by Crippen LogP contribution is -2.43. The maximum absolute atomic E-state index is 10.5. The molecule has 0 aromatic carbocycles. The van der Waals surface area contributed by atoms with Crippen molar-refractivity contribution in [2.24, 2.45) is 5.92 Å². The summed E-state index contributed by atoms with van der Waals surface area (Å²) in [6.45, 7) is 5.73. The summed E-state index contributed by atoms with van der Waals surface area (Å²) in [5.41, 5.74) is 1.79. The summed E-state index contributed by atoms with van der Waals surface area (Å²) in [5, 5.41) is 20.8. The third kappa shape index (κ3) is 3.33. The van der Waals surface area contributed by atoms with Crippen LogP contribution in [0.2, 0.25) is 0 Å². The van der Waals surface area contributed by atoms with Crippen LogP contribution in [0.5, 0.6) is 0 Å². The molecule has 0 amide bonds. The average molecular weight is 251 g/mol. The summed E-state index contributed by atoms with van der Waals surface area (Å²) in [4.78, 5) is 0. The molecule has 0 radical (unpaired) electrons. The molecule has 3 N–H and O–H groups in total. The van der Waals surface area contributed by atoms with Gasteiger partial charge in [0.15, 0.2) is 0 Å². The highest BCUT2D eigenvalue weighted by Gasteiger charge is 2.32. The Morgan fingerprint density at radius 3 is 2.78 bits per heavy atom. The van der Waals surface area contributed by atoms with Gasteiger partial charge in [-0.3, -0.25) is 5.10 Å². The van der Waals surface area contributed by atoms with Crippen LogP contribution >= 0.6 is 0 Å². The molecular formula is C14H25N3O. The molecule has 4 heteroatoms. The van der Waals surface area contributed by atoms with Crippen LogP contribution in [0.25, 0.3) is 0 Å². The Kier molecular flexibility index (Phi) is 4.40. The fourth-order valence-electron chi connectivity index (χ4n) is 2.78. The molecule has 0 spiro atoms. The number of rotatable bonds is 5. The van der Waals surface area contributed by atoms with E-state index in [1.54, 1.807) is 0 Å². The van der Waals surface area contributed by atoms with Crippen molar-refractivity contribution in [3.63, 3.8) is 0 Å². The number of hydrogen-bond acceptors (Lipinski definition) is 3. The molecule has 1 aliphatic rings. The highest BCUT2D eigenvalue weighted by Crippen LogP contribution is 2.33. The molecule has 1 aromatic rings. The Hall–Kier alpha value is -0.870. The Labute approximate surface area is 109 Å². The standard InChI is InChI=1S/C14H25N3O/c1-3-12-4-6-14(18,7-5-12)10-15-8-13-9-16-17-11(13)2/h9,12,15,18H,3-8,10H2,1-2H3,(H,16,17). The quantitative estimate of drug-likeness (QED) is 0.751. The predicted molar refractivity (Wildman–Crippen MR) is 72.2 cm³/mol. The molecule has 1 aromatic heterocycles.